The minimum Gasteiger partial charge on any atom is -0.480 e. The van der Waals surface area contributed by atoms with Gasteiger partial charge >= 0.3 is 5.97 Å². The van der Waals surface area contributed by atoms with Crippen molar-refractivity contribution in [3.05, 3.63) is 0 Å². The third kappa shape index (κ3) is 1.74. The fourth-order valence-corrected chi connectivity index (χ4v) is 2.51. The van der Waals surface area contributed by atoms with Crippen molar-refractivity contribution in [1.82, 2.24) is 4.90 Å². The number of fused-ring (bicyclic) bond motifs is 1. The highest BCUT2D eigenvalue weighted by molar-refractivity contribution is 5.83. The van der Waals surface area contributed by atoms with Crippen molar-refractivity contribution >= 4 is 11.9 Å². The molecule has 0 heterocycles. The number of carboxylic acids is 1. The van der Waals surface area contributed by atoms with Crippen molar-refractivity contribution in [2.24, 2.45) is 17.8 Å². The van der Waals surface area contributed by atoms with Crippen molar-refractivity contribution in [3.63, 3.8) is 0 Å². The normalized spacial score (nSPS) is 33.6. The molecule has 2 aliphatic rings. The summed E-state index contributed by atoms with van der Waals surface area (Å²) in [6.07, 6.45) is 3.24. The van der Waals surface area contributed by atoms with Crippen LogP contribution in [0.1, 0.15) is 19.3 Å². The Bertz CT molecular complexity index is 267. The Hall–Kier alpha value is -1.06. The average Bonchev–Trinajstić information content (AvgIpc) is 2.71. The first kappa shape index (κ1) is 9.49. The molecule has 0 bridgehead atoms. The van der Waals surface area contributed by atoms with E-state index in [1.807, 2.05) is 0 Å². The van der Waals surface area contributed by atoms with Crippen LogP contribution >= 0.6 is 0 Å². The van der Waals surface area contributed by atoms with Crippen LogP contribution in [0.4, 0.5) is 0 Å². The summed E-state index contributed by atoms with van der Waals surface area (Å²) < 4.78 is 0. The molecular weight excluding hydrogens is 182 g/mol. The van der Waals surface area contributed by atoms with Crippen LogP contribution in [0.25, 0.3) is 0 Å². The van der Waals surface area contributed by atoms with E-state index in [4.69, 9.17) is 5.11 Å². The van der Waals surface area contributed by atoms with Gasteiger partial charge in [-0.2, -0.15) is 0 Å². The van der Waals surface area contributed by atoms with E-state index < -0.39 is 5.97 Å². The number of carbonyl (C=O) groups is 2. The van der Waals surface area contributed by atoms with Gasteiger partial charge in [0, 0.05) is 13.0 Å². The molecule has 2 saturated carbocycles. The van der Waals surface area contributed by atoms with Crippen LogP contribution in [0.2, 0.25) is 0 Å². The number of carbonyl (C=O) groups excluding carboxylic acids is 1. The van der Waals surface area contributed by atoms with Crippen LogP contribution in [0.5, 0.6) is 0 Å². The quantitative estimate of drug-likeness (QED) is 0.719. The van der Waals surface area contributed by atoms with Gasteiger partial charge in [-0.15, -0.1) is 0 Å². The number of hydrogen-bond donors (Lipinski definition) is 1. The molecule has 2 aliphatic carbocycles. The maximum atomic E-state index is 11.7. The van der Waals surface area contributed by atoms with Crippen molar-refractivity contribution < 1.29 is 14.7 Å². The highest BCUT2D eigenvalue weighted by atomic mass is 16.4. The van der Waals surface area contributed by atoms with Gasteiger partial charge in [-0.05, 0) is 31.1 Å². The number of carboxylic acid groups (broad SMARTS) is 1. The predicted octanol–water partition coefficient (Wildman–Crippen LogP) is 0.575. The second-order valence-corrected chi connectivity index (χ2v) is 4.51. The fraction of sp³-hybridized carbons (Fsp3) is 0.800. The number of hydrogen-bond acceptors (Lipinski definition) is 2. The van der Waals surface area contributed by atoms with E-state index in [9.17, 15) is 9.59 Å². The lowest BCUT2D eigenvalue weighted by Crippen LogP contribution is -2.36. The van der Waals surface area contributed by atoms with Crippen LogP contribution in [-0.2, 0) is 9.59 Å². The molecule has 0 radical (unpaired) electrons. The van der Waals surface area contributed by atoms with Gasteiger partial charge in [0.2, 0.25) is 5.91 Å². The van der Waals surface area contributed by atoms with Gasteiger partial charge < -0.3 is 10.0 Å². The van der Waals surface area contributed by atoms with Crippen LogP contribution in [0.15, 0.2) is 0 Å². The molecule has 4 heteroatoms. The smallest absolute Gasteiger partial charge is 0.323 e. The van der Waals surface area contributed by atoms with Crippen LogP contribution in [-0.4, -0.2) is 35.5 Å². The Morgan fingerprint density at radius 3 is 2.36 bits per heavy atom. The summed E-state index contributed by atoms with van der Waals surface area (Å²) in [6, 6.07) is 0. The molecular formula is C10H15NO3. The molecule has 1 N–H and O–H groups in total. The van der Waals surface area contributed by atoms with Gasteiger partial charge in [0.1, 0.15) is 6.54 Å². The molecule has 2 atom stereocenters. The molecule has 2 fully saturated rings. The van der Waals surface area contributed by atoms with Gasteiger partial charge in [-0.3, -0.25) is 9.59 Å². The maximum absolute atomic E-state index is 11.7. The van der Waals surface area contributed by atoms with Crippen LogP contribution in [0.3, 0.4) is 0 Å². The minimum atomic E-state index is -0.941. The summed E-state index contributed by atoms with van der Waals surface area (Å²) in [5.74, 6) is 0.705. The lowest BCUT2D eigenvalue weighted by atomic mass is 10.0. The Balaban J connectivity index is 1.85. The van der Waals surface area contributed by atoms with Gasteiger partial charge in [0.15, 0.2) is 0 Å². The summed E-state index contributed by atoms with van der Waals surface area (Å²) >= 11 is 0. The number of rotatable bonds is 3. The topological polar surface area (TPSA) is 57.6 Å². The van der Waals surface area contributed by atoms with E-state index in [0.717, 1.165) is 24.7 Å². The molecule has 0 spiro atoms. The van der Waals surface area contributed by atoms with E-state index >= 15 is 0 Å². The lowest BCUT2D eigenvalue weighted by molar-refractivity contribution is -0.145. The zero-order valence-corrected chi connectivity index (χ0v) is 8.27. The Morgan fingerprint density at radius 2 is 1.86 bits per heavy atom. The zero-order chi connectivity index (χ0) is 10.3. The lowest BCUT2D eigenvalue weighted by Gasteiger charge is -2.19. The monoisotopic (exact) mass is 197 g/mol. The summed E-state index contributed by atoms with van der Waals surface area (Å²) in [4.78, 5) is 23.4. The fourth-order valence-electron chi connectivity index (χ4n) is 2.51. The second-order valence-electron chi connectivity index (χ2n) is 4.51. The first-order valence-electron chi connectivity index (χ1n) is 5.04. The average molecular weight is 197 g/mol. The highest BCUT2D eigenvalue weighted by Gasteiger charge is 2.48. The molecule has 1 amide bonds. The Labute approximate surface area is 82.9 Å². The van der Waals surface area contributed by atoms with E-state index in [-0.39, 0.29) is 18.4 Å². The first-order valence-corrected chi connectivity index (χ1v) is 5.04. The molecule has 78 valence electrons. The van der Waals surface area contributed by atoms with E-state index in [0.29, 0.717) is 0 Å². The molecule has 0 aliphatic heterocycles. The molecule has 0 saturated heterocycles. The minimum absolute atomic E-state index is 0.0135. The zero-order valence-electron chi connectivity index (χ0n) is 8.27. The SMILES string of the molecule is CN(CC(=O)O)C(=O)C1CC2CC2C1. The molecule has 2 rings (SSSR count). The third-order valence-electron chi connectivity index (χ3n) is 3.34. The van der Waals surface area contributed by atoms with E-state index in [2.05, 4.69) is 0 Å². The summed E-state index contributed by atoms with van der Waals surface area (Å²) in [7, 11) is 1.57. The standard InChI is InChI=1S/C10H15NO3/c1-11(5-9(12)13)10(14)8-3-6-2-7(6)4-8/h6-8H,2-5H2,1H3,(H,12,13). The van der Waals surface area contributed by atoms with E-state index in [1.54, 1.807) is 7.05 Å². The predicted molar refractivity (Wildman–Crippen MR) is 49.6 cm³/mol. The highest BCUT2D eigenvalue weighted by Crippen LogP contribution is 2.54. The van der Waals surface area contributed by atoms with Gasteiger partial charge in [0.25, 0.3) is 0 Å². The van der Waals surface area contributed by atoms with Crippen LogP contribution in [0, 0.1) is 17.8 Å². The summed E-state index contributed by atoms with van der Waals surface area (Å²) in [6.45, 7) is -0.176. The van der Waals surface area contributed by atoms with Gasteiger partial charge in [-0.25, -0.2) is 0 Å². The van der Waals surface area contributed by atoms with Crippen molar-refractivity contribution in [1.29, 1.82) is 0 Å². The Kier molecular flexibility index (Phi) is 2.21. The van der Waals surface area contributed by atoms with Gasteiger partial charge in [-0.1, -0.05) is 0 Å². The third-order valence-corrected chi connectivity index (χ3v) is 3.34. The molecule has 2 unspecified atom stereocenters. The molecule has 14 heavy (non-hydrogen) atoms. The van der Waals surface area contributed by atoms with Crippen molar-refractivity contribution in [2.45, 2.75) is 19.3 Å². The number of aliphatic carboxylic acids is 1. The molecule has 4 nitrogen and oxygen atoms in total. The molecule has 0 aromatic carbocycles. The van der Waals surface area contributed by atoms with Crippen molar-refractivity contribution in [2.75, 3.05) is 13.6 Å². The first-order chi connectivity index (χ1) is 6.58. The van der Waals surface area contributed by atoms with E-state index in [1.165, 1.54) is 11.3 Å². The summed E-state index contributed by atoms with van der Waals surface area (Å²) in [5, 5.41) is 8.54. The largest absolute Gasteiger partial charge is 0.480 e. The number of nitrogens with zero attached hydrogens (tertiary/aromatic N) is 1. The van der Waals surface area contributed by atoms with Crippen molar-refractivity contribution in [3.8, 4) is 0 Å². The number of likely N-dealkylation sites (N-methyl/N-ethyl adjacent to an activating group) is 1. The number of amides is 1. The molecule has 0 aromatic rings. The second kappa shape index (κ2) is 3.26. The molecule has 0 aromatic heterocycles. The Morgan fingerprint density at radius 1 is 1.29 bits per heavy atom. The van der Waals surface area contributed by atoms with Crippen LogP contribution < -0.4 is 0 Å². The van der Waals surface area contributed by atoms with Gasteiger partial charge in [0.05, 0.1) is 0 Å². The maximum Gasteiger partial charge on any atom is 0.323 e. The summed E-state index contributed by atoms with van der Waals surface area (Å²) in [5.41, 5.74) is 0.